The fraction of sp³-hybridized carbons (Fsp3) is 0.385. The molecular formula is C13H16BrNO3. The molecule has 0 atom stereocenters. The molecule has 1 aromatic carbocycles. The van der Waals surface area contributed by atoms with E-state index in [1.165, 1.54) is 0 Å². The lowest BCUT2D eigenvalue weighted by atomic mass is 10.2. The van der Waals surface area contributed by atoms with Crippen LogP contribution in [0.3, 0.4) is 0 Å². The summed E-state index contributed by atoms with van der Waals surface area (Å²) in [5, 5.41) is 2.75. The number of ether oxygens (including phenoxy) is 1. The van der Waals surface area contributed by atoms with E-state index in [-0.39, 0.29) is 11.9 Å². The average molecular weight is 314 g/mol. The van der Waals surface area contributed by atoms with E-state index in [2.05, 4.69) is 21.2 Å². The average Bonchev–Trinajstić information content (AvgIpc) is 2.35. The van der Waals surface area contributed by atoms with Crippen LogP contribution in [0.1, 0.15) is 30.1 Å². The van der Waals surface area contributed by atoms with E-state index in [0.29, 0.717) is 31.6 Å². The van der Waals surface area contributed by atoms with Gasteiger partial charge in [-0.05, 0) is 37.6 Å². The van der Waals surface area contributed by atoms with Gasteiger partial charge >= 0.3 is 5.97 Å². The van der Waals surface area contributed by atoms with Gasteiger partial charge in [0, 0.05) is 23.0 Å². The Balaban J connectivity index is 2.25. The third kappa shape index (κ3) is 5.31. The molecule has 0 aliphatic rings. The number of nitrogens with one attached hydrogen (secondary N) is 1. The van der Waals surface area contributed by atoms with Crippen LogP contribution in [0.4, 0.5) is 0 Å². The number of esters is 1. The molecule has 0 aromatic heterocycles. The standard InChI is InChI=1S/C13H16BrNO3/c1-2-18-12(16)4-3-9-15-13(17)10-5-7-11(14)8-6-10/h5-8H,2-4,9H2,1H3,(H,15,17). The number of benzene rings is 1. The van der Waals surface area contributed by atoms with Gasteiger partial charge in [0.25, 0.3) is 5.91 Å². The first-order valence-corrected chi connectivity index (χ1v) is 6.62. The SMILES string of the molecule is CCOC(=O)CCCNC(=O)c1ccc(Br)cc1. The largest absolute Gasteiger partial charge is 0.466 e. The van der Waals surface area contributed by atoms with Crippen molar-refractivity contribution in [2.45, 2.75) is 19.8 Å². The number of hydrogen-bond donors (Lipinski definition) is 1. The monoisotopic (exact) mass is 313 g/mol. The van der Waals surface area contributed by atoms with E-state index in [0.717, 1.165) is 4.47 Å². The van der Waals surface area contributed by atoms with Crippen LogP contribution < -0.4 is 5.32 Å². The van der Waals surface area contributed by atoms with Crippen LogP contribution in [-0.4, -0.2) is 25.0 Å². The second kappa shape index (κ2) is 7.87. The smallest absolute Gasteiger partial charge is 0.305 e. The molecule has 5 heteroatoms. The first-order chi connectivity index (χ1) is 8.63. The molecule has 0 saturated carbocycles. The van der Waals surface area contributed by atoms with Gasteiger partial charge in [-0.25, -0.2) is 0 Å². The van der Waals surface area contributed by atoms with Crippen molar-refractivity contribution in [3.05, 3.63) is 34.3 Å². The lowest BCUT2D eigenvalue weighted by Gasteiger charge is -2.05. The van der Waals surface area contributed by atoms with Crippen molar-refractivity contribution in [2.75, 3.05) is 13.2 Å². The van der Waals surface area contributed by atoms with E-state index in [9.17, 15) is 9.59 Å². The van der Waals surface area contributed by atoms with E-state index < -0.39 is 0 Å². The van der Waals surface area contributed by atoms with Crippen molar-refractivity contribution in [2.24, 2.45) is 0 Å². The molecule has 1 N–H and O–H groups in total. The van der Waals surface area contributed by atoms with Crippen molar-refractivity contribution in [1.82, 2.24) is 5.32 Å². The Kier molecular flexibility index (Phi) is 6.43. The summed E-state index contributed by atoms with van der Waals surface area (Å²) >= 11 is 3.31. The van der Waals surface area contributed by atoms with Crippen LogP contribution in [0, 0.1) is 0 Å². The minimum atomic E-state index is -0.226. The van der Waals surface area contributed by atoms with Gasteiger partial charge in [0.15, 0.2) is 0 Å². The minimum Gasteiger partial charge on any atom is -0.466 e. The number of carbonyl (C=O) groups excluding carboxylic acids is 2. The van der Waals surface area contributed by atoms with Crippen molar-refractivity contribution >= 4 is 27.8 Å². The normalized spacial score (nSPS) is 9.89. The Morgan fingerprint density at radius 2 is 1.94 bits per heavy atom. The molecule has 0 heterocycles. The lowest BCUT2D eigenvalue weighted by molar-refractivity contribution is -0.143. The van der Waals surface area contributed by atoms with Crippen LogP contribution in [0.2, 0.25) is 0 Å². The van der Waals surface area contributed by atoms with E-state index in [4.69, 9.17) is 4.74 Å². The van der Waals surface area contributed by atoms with Gasteiger partial charge in [0.1, 0.15) is 0 Å². The molecule has 0 aliphatic heterocycles. The number of carbonyl (C=O) groups is 2. The maximum atomic E-state index is 11.7. The van der Waals surface area contributed by atoms with Gasteiger partial charge < -0.3 is 10.1 Å². The van der Waals surface area contributed by atoms with E-state index >= 15 is 0 Å². The summed E-state index contributed by atoms with van der Waals surface area (Å²) in [6.45, 7) is 2.63. The maximum absolute atomic E-state index is 11.7. The molecule has 1 aromatic rings. The molecule has 1 amide bonds. The Labute approximate surface area is 115 Å². The number of halogens is 1. The van der Waals surface area contributed by atoms with Crippen LogP contribution in [0.15, 0.2) is 28.7 Å². The topological polar surface area (TPSA) is 55.4 Å². The minimum absolute atomic E-state index is 0.133. The highest BCUT2D eigenvalue weighted by molar-refractivity contribution is 9.10. The van der Waals surface area contributed by atoms with E-state index in [1.54, 1.807) is 19.1 Å². The Hall–Kier alpha value is -1.36. The number of amides is 1. The van der Waals surface area contributed by atoms with Crippen LogP contribution in [0.5, 0.6) is 0 Å². The molecule has 98 valence electrons. The number of hydrogen-bond acceptors (Lipinski definition) is 3. The van der Waals surface area contributed by atoms with Crippen molar-refractivity contribution in [3.8, 4) is 0 Å². The van der Waals surface area contributed by atoms with Gasteiger partial charge in [-0.15, -0.1) is 0 Å². The van der Waals surface area contributed by atoms with Crippen molar-refractivity contribution in [3.63, 3.8) is 0 Å². The van der Waals surface area contributed by atoms with E-state index in [1.807, 2.05) is 12.1 Å². The summed E-state index contributed by atoms with van der Waals surface area (Å²) in [5.41, 5.74) is 0.606. The lowest BCUT2D eigenvalue weighted by Crippen LogP contribution is -2.24. The summed E-state index contributed by atoms with van der Waals surface area (Å²) in [7, 11) is 0. The second-order valence-corrected chi connectivity index (χ2v) is 4.59. The summed E-state index contributed by atoms with van der Waals surface area (Å²) in [4.78, 5) is 22.7. The first kappa shape index (κ1) is 14.7. The van der Waals surface area contributed by atoms with Crippen molar-refractivity contribution < 1.29 is 14.3 Å². The molecule has 18 heavy (non-hydrogen) atoms. The molecule has 0 fully saturated rings. The maximum Gasteiger partial charge on any atom is 0.305 e. The Morgan fingerprint density at radius 1 is 1.28 bits per heavy atom. The summed E-state index contributed by atoms with van der Waals surface area (Å²) in [6, 6.07) is 7.11. The van der Waals surface area contributed by atoms with Gasteiger partial charge in [0.05, 0.1) is 6.61 Å². The third-order valence-electron chi connectivity index (χ3n) is 2.25. The zero-order chi connectivity index (χ0) is 13.4. The fourth-order valence-corrected chi connectivity index (χ4v) is 1.64. The summed E-state index contributed by atoms with van der Waals surface area (Å²) < 4.78 is 5.72. The summed E-state index contributed by atoms with van der Waals surface area (Å²) in [6.07, 6.45) is 0.912. The second-order valence-electron chi connectivity index (χ2n) is 3.67. The fourth-order valence-electron chi connectivity index (χ4n) is 1.37. The highest BCUT2D eigenvalue weighted by atomic mass is 79.9. The highest BCUT2D eigenvalue weighted by Crippen LogP contribution is 2.10. The molecule has 0 spiro atoms. The highest BCUT2D eigenvalue weighted by Gasteiger charge is 2.05. The van der Waals surface area contributed by atoms with Gasteiger partial charge in [-0.3, -0.25) is 9.59 Å². The van der Waals surface area contributed by atoms with Gasteiger partial charge in [-0.1, -0.05) is 15.9 Å². The van der Waals surface area contributed by atoms with Gasteiger partial charge in [-0.2, -0.15) is 0 Å². The molecule has 0 saturated heterocycles. The summed E-state index contributed by atoms with van der Waals surface area (Å²) in [5.74, 6) is -0.359. The number of rotatable bonds is 6. The van der Waals surface area contributed by atoms with Crippen LogP contribution in [0.25, 0.3) is 0 Å². The van der Waals surface area contributed by atoms with Crippen LogP contribution >= 0.6 is 15.9 Å². The molecule has 0 radical (unpaired) electrons. The van der Waals surface area contributed by atoms with Crippen molar-refractivity contribution in [1.29, 1.82) is 0 Å². The molecule has 0 bridgehead atoms. The predicted molar refractivity (Wildman–Crippen MR) is 72.3 cm³/mol. The molecule has 0 aliphatic carbocycles. The quantitative estimate of drug-likeness (QED) is 0.648. The Morgan fingerprint density at radius 3 is 2.56 bits per heavy atom. The van der Waals surface area contributed by atoms with Gasteiger partial charge in [0.2, 0.25) is 0 Å². The molecular weight excluding hydrogens is 298 g/mol. The molecule has 4 nitrogen and oxygen atoms in total. The Bertz CT molecular complexity index is 403. The van der Waals surface area contributed by atoms with Crippen LogP contribution in [-0.2, 0) is 9.53 Å². The first-order valence-electron chi connectivity index (χ1n) is 5.83. The predicted octanol–water partition coefficient (Wildman–Crippen LogP) is 2.52. The third-order valence-corrected chi connectivity index (χ3v) is 2.78. The molecule has 1 rings (SSSR count). The zero-order valence-electron chi connectivity index (χ0n) is 10.2. The molecule has 0 unspecified atom stereocenters. The zero-order valence-corrected chi connectivity index (χ0v) is 11.8.